The molecule has 1 aromatic rings. The summed E-state index contributed by atoms with van der Waals surface area (Å²) in [6.07, 6.45) is 0. The predicted octanol–water partition coefficient (Wildman–Crippen LogP) is 2.28. The molecule has 0 heterocycles. The Balaban J connectivity index is 2.83. The van der Waals surface area contributed by atoms with Crippen molar-refractivity contribution in [3.05, 3.63) is 23.8 Å². The van der Waals surface area contributed by atoms with Gasteiger partial charge in [0, 0.05) is 7.11 Å². The number of ether oxygens (including phenoxy) is 3. The van der Waals surface area contributed by atoms with Gasteiger partial charge in [0.2, 0.25) is 0 Å². The number of hydrogen-bond donors (Lipinski definition) is 0. The summed E-state index contributed by atoms with van der Waals surface area (Å²) in [6, 6.07) is 5.55. The van der Waals surface area contributed by atoms with Crippen LogP contribution in [0.3, 0.4) is 0 Å². The molecule has 4 nitrogen and oxygen atoms in total. The van der Waals surface area contributed by atoms with E-state index in [0.29, 0.717) is 18.0 Å². The first kappa shape index (κ1) is 12.6. The second-order valence-electron chi connectivity index (χ2n) is 2.94. The van der Waals surface area contributed by atoms with E-state index in [2.05, 4.69) is 22.4 Å². The molecule has 0 bridgehead atoms. The molecule has 0 unspecified atom stereocenters. The molecule has 0 aromatic heterocycles. The van der Waals surface area contributed by atoms with Gasteiger partial charge >= 0.3 is 0 Å². The van der Waals surface area contributed by atoms with E-state index in [1.165, 1.54) is 0 Å². The maximum Gasteiger partial charge on any atom is 0.188 e. The van der Waals surface area contributed by atoms with Gasteiger partial charge in [-0.25, -0.2) is 4.99 Å². The average Bonchev–Trinajstić information content (AvgIpc) is 2.34. The molecule has 5 heteroatoms. The summed E-state index contributed by atoms with van der Waals surface area (Å²) >= 11 is 4.51. The molecule has 0 saturated carbocycles. The summed E-state index contributed by atoms with van der Waals surface area (Å²) in [6.45, 7) is 0.679. The second-order valence-corrected chi connectivity index (χ2v) is 3.13. The molecule has 86 valence electrons. The largest absolute Gasteiger partial charge is 0.493 e. The molecule has 16 heavy (non-hydrogen) atoms. The van der Waals surface area contributed by atoms with Gasteiger partial charge in [-0.15, -0.1) is 0 Å². The Hall–Kier alpha value is -1.42. The Kier molecular flexibility index (Phi) is 5.50. The third kappa shape index (κ3) is 3.62. The minimum absolute atomic E-state index is 0.188. The number of benzene rings is 1. The summed E-state index contributed by atoms with van der Waals surface area (Å²) < 4.78 is 15.3. The van der Waals surface area contributed by atoms with E-state index >= 15 is 0 Å². The van der Waals surface area contributed by atoms with Crippen molar-refractivity contribution in [3.8, 4) is 11.5 Å². The third-order valence-electron chi connectivity index (χ3n) is 1.89. The first-order valence-corrected chi connectivity index (χ1v) is 5.05. The van der Waals surface area contributed by atoms with Gasteiger partial charge in [0.25, 0.3) is 0 Å². The lowest BCUT2D eigenvalue weighted by Crippen LogP contribution is -2.01. The highest BCUT2D eigenvalue weighted by Gasteiger charge is 2.05. The van der Waals surface area contributed by atoms with Crippen molar-refractivity contribution in [2.24, 2.45) is 4.99 Å². The monoisotopic (exact) mass is 239 g/mol. The van der Waals surface area contributed by atoms with E-state index < -0.39 is 0 Å². The summed E-state index contributed by atoms with van der Waals surface area (Å²) in [5.41, 5.74) is 0.985. The van der Waals surface area contributed by atoms with Crippen molar-refractivity contribution in [2.75, 3.05) is 21.0 Å². The fourth-order valence-corrected chi connectivity index (χ4v) is 1.24. The van der Waals surface area contributed by atoms with Gasteiger partial charge in [-0.1, -0.05) is 6.07 Å². The molecule has 1 rings (SSSR count). The maximum atomic E-state index is 5.32. The van der Waals surface area contributed by atoms with Crippen LogP contribution in [-0.4, -0.2) is 26.2 Å². The van der Waals surface area contributed by atoms with Crippen LogP contribution in [0.15, 0.2) is 23.2 Å². The van der Waals surface area contributed by atoms with Crippen LogP contribution in [-0.2, 0) is 11.3 Å². The normalized spacial score (nSPS) is 9.38. The summed E-state index contributed by atoms with van der Waals surface area (Å²) in [4.78, 5) is 3.85. The standard InChI is InChI=1S/C11H13NO3S/c1-13-8-15-10-4-3-9(6-12-7-16)5-11(10)14-2/h3-5H,6,8H2,1-2H3. The topological polar surface area (TPSA) is 40.0 Å². The summed E-state index contributed by atoms with van der Waals surface area (Å²) in [5, 5.41) is 2.32. The van der Waals surface area contributed by atoms with E-state index in [1.807, 2.05) is 18.2 Å². The van der Waals surface area contributed by atoms with Gasteiger partial charge in [0.1, 0.15) is 0 Å². The lowest BCUT2D eigenvalue weighted by atomic mass is 10.2. The van der Waals surface area contributed by atoms with Crippen molar-refractivity contribution in [2.45, 2.75) is 6.54 Å². The molecular formula is C11H13NO3S. The molecule has 0 aliphatic carbocycles. The minimum Gasteiger partial charge on any atom is -0.493 e. The lowest BCUT2D eigenvalue weighted by molar-refractivity contribution is 0.0491. The van der Waals surface area contributed by atoms with Crippen LogP contribution in [0, 0.1) is 0 Å². The zero-order valence-corrected chi connectivity index (χ0v) is 10.0. The van der Waals surface area contributed by atoms with Crippen LogP contribution in [0.4, 0.5) is 0 Å². The van der Waals surface area contributed by atoms with Crippen molar-refractivity contribution in [1.82, 2.24) is 0 Å². The molecule has 0 radical (unpaired) electrons. The highest BCUT2D eigenvalue weighted by atomic mass is 32.1. The van der Waals surface area contributed by atoms with Crippen LogP contribution < -0.4 is 9.47 Å². The molecule has 0 amide bonds. The Morgan fingerprint density at radius 3 is 2.75 bits per heavy atom. The number of nitrogens with zero attached hydrogens (tertiary/aromatic N) is 1. The molecule has 1 aromatic carbocycles. The second kappa shape index (κ2) is 6.95. The zero-order valence-electron chi connectivity index (χ0n) is 9.23. The number of methoxy groups -OCH3 is 2. The first-order chi connectivity index (χ1) is 7.81. The minimum atomic E-state index is 0.188. The smallest absolute Gasteiger partial charge is 0.188 e. The van der Waals surface area contributed by atoms with Gasteiger partial charge in [-0.3, -0.25) is 0 Å². The molecule has 0 atom stereocenters. The SMILES string of the molecule is COCOc1ccc(CN=C=S)cc1OC. The Bertz CT molecular complexity index is 389. The highest BCUT2D eigenvalue weighted by molar-refractivity contribution is 7.78. The van der Waals surface area contributed by atoms with Crippen LogP contribution in [0.2, 0.25) is 0 Å². The molecule has 0 aliphatic heterocycles. The van der Waals surface area contributed by atoms with Crippen LogP contribution in [0.1, 0.15) is 5.56 Å². The van der Waals surface area contributed by atoms with Crippen molar-refractivity contribution >= 4 is 17.4 Å². The maximum absolute atomic E-state index is 5.32. The fraction of sp³-hybridized carbons (Fsp3) is 0.364. The van der Waals surface area contributed by atoms with Crippen LogP contribution in [0.25, 0.3) is 0 Å². The Morgan fingerprint density at radius 1 is 1.31 bits per heavy atom. The predicted molar refractivity (Wildman–Crippen MR) is 64.2 cm³/mol. The van der Waals surface area contributed by atoms with E-state index in [4.69, 9.17) is 14.2 Å². The van der Waals surface area contributed by atoms with Gasteiger partial charge in [-0.05, 0) is 29.9 Å². The van der Waals surface area contributed by atoms with E-state index in [-0.39, 0.29) is 6.79 Å². The molecular weight excluding hydrogens is 226 g/mol. The van der Waals surface area contributed by atoms with Gasteiger partial charge in [0.15, 0.2) is 18.3 Å². The Labute approximate surface area is 99.9 Å². The van der Waals surface area contributed by atoms with Crippen molar-refractivity contribution in [3.63, 3.8) is 0 Å². The van der Waals surface area contributed by atoms with Crippen molar-refractivity contribution in [1.29, 1.82) is 0 Å². The molecule has 0 fully saturated rings. The number of thiocarbonyl (C=S) groups is 1. The molecule has 0 spiro atoms. The van der Waals surface area contributed by atoms with Crippen LogP contribution in [0.5, 0.6) is 11.5 Å². The number of rotatable bonds is 6. The van der Waals surface area contributed by atoms with E-state index in [0.717, 1.165) is 5.56 Å². The van der Waals surface area contributed by atoms with Crippen LogP contribution >= 0.6 is 12.2 Å². The molecule has 0 aliphatic rings. The van der Waals surface area contributed by atoms with Gasteiger partial charge < -0.3 is 14.2 Å². The van der Waals surface area contributed by atoms with E-state index in [1.54, 1.807) is 14.2 Å². The third-order valence-corrected chi connectivity index (χ3v) is 2.02. The van der Waals surface area contributed by atoms with Crippen molar-refractivity contribution < 1.29 is 14.2 Å². The summed E-state index contributed by atoms with van der Waals surface area (Å²) in [5.74, 6) is 1.29. The highest BCUT2D eigenvalue weighted by Crippen LogP contribution is 2.28. The zero-order chi connectivity index (χ0) is 11.8. The Morgan fingerprint density at radius 2 is 2.12 bits per heavy atom. The van der Waals surface area contributed by atoms with Gasteiger partial charge in [-0.2, -0.15) is 0 Å². The van der Waals surface area contributed by atoms with Gasteiger partial charge in [0.05, 0.1) is 18.8 Å². The first-order valence-electron chi connectivity index (χ1n) is 4.64. The number of isothiocyanates is 1. The molecule has 0 saturated heterocycles. The average molecular weight is 239 g/mol. The molecule has 0 N–H and O–H groups in total. The quantitative estimate of drug-likeness (QED) is 0.434. The summed E-state index contributed by atoms with van der Waals surface area (Å²) in [7, 11) is 3.15. The number of hydrogen-bond acceptors (Lipinski definition) is 5. The fourth-order valence-electron chi connectivity index (χ4n) is 1.18. The lowest BCUT2D eigenvalue weighted by Gasteiger charge is -2.10. The number of aliphatic imine (C=N–C) groups is 1. The van der Waals surface area contributed by atoms with E-state index in [9.17, 15) is 0 Å².